The lowest BCUT2D eigenvalue weighted by atomic mass is 10.2. The van der Waals surface area contributed by atoms with Crippen LogP contribution in [-0.4, -0.2) is 30.4 Å². The number of amides is 3. The summed E-state index contributed by atoms with van der Waals surface area (Å²) in [6.07, 6.45) is 0. The number of hydrogen-bond donors (Lipinski definition) is 2. The highest BCUT2D eigenvalue weighted by atomic mass is 35.5. The quantitative estimate of drug-likeness (QED) is 0.860. The summed E-state index contributed by atoms with van der Waals surface area (Å²) in [7, 11) is 1.71. The minimum absolute atomic E-state index is 0.128. The molecule has 0 atom stereocenters. The molecule has 1 aromatic heterocycles. The first-order valence-corrected chi connectivity index (χ1v) is 8.33. The molecule has 5 nitrogen and oxygen atoms in total. The van der Waals surface area contributed by atoms with Crippen molar-refractivity contribution in [2.45, 2.75) is 13.5 Å². The van der Waals surface area contributed by atoms with Crippen molar-refractivity contribution in [1.82, 2.24) is 10.2 Å². The largest absolute Gasteiger partial charge is 0.352 e. The van der Waals surface area contributed by atoms with E-state index in [1.54, 1.807) is 36.2 Å². The standard InChI is InChI=1S/C16H18ClN3O2S/c1-3-18-15(21)11-4-6-12(7-5-11)19-16(22)20(2)10-13-8-9-14(17)23-13/h4-9H,3,10H2,1-2H3,(H,18,21)(H,19,22). The normalized spacial score (nSPS) is 10.2. The molecule has 0 unspecified atom stereocenters. The van der Waals surface area contributed by atoms with Crippen LogP contribution in [0.2, 0.25) is 4.34 Å². The van der Waals surface area contributed by atoms with Crippen LogP contribution >= 0.6 is 22.9 Å². The van der Waals surface area contributed by atoms with Crippen LogP contribution in [0.1, 0.15) is 22.2 Å². The number of carbonyl (C=O) groups excluding carboxylic acids is 2. The van der Waals surface area contributed by atoms with Gasteiger partial charge in [0.25, 0.3) is 5.91 Å². The molecule has 1 heterocycles. The topological polar surface area (TPSA) is 61.4 Å². The first-order chi connectivity index (χ1) is 11.0. The van der Waals surface area contributed by atoms with Gasteiger partial charge >= 0.3 is 6.03 Å². The first-order valence-electron chi connectivity index (χ1n) is 7.14. The zero-order valence-electron chi connectivity index (χ0n) is 12.9. The third kappa shape index (κ3) is 4.97. The molecular formula is C16H18ClN3O2S. The second-order valence-electron chi connectivity index (χ2n) is 4.93. The maximum atomic E-state index is 12.2. The first kappa shape index (κ1) is 17.3. The molecule has 7 heteroatoms. The van der Waals surface area contributed by atoms with Crippen LogP contribution in [0, 0.1) is 0 Å². The second-order valence-corrected chi connectivity index (χ2v) is 6.73. The smallest absolute Gasteiger partial charge is 0.321 e. The Bertz CT molecular complexity index is 685. The van der Waals surface area contributed by atoms with Gasteiger partial charge in [0.1, 0.15) is 0 Å². The van der Waals surface area contributed by atoms with Gasteiger partial charge < -0.3 is 15.5 Å². The Kier molecular flexibility index (Phi) is 6.01. The van der Waals surface area contributed by atoms with Crippen LogP contribution in [-0.2, 0) is 6.54 Å². The van der Waals surface area contributed by atoms with E-state index in [4.69, 9.17) is 11.6 Å². The fraction of sp³-hybridized carbons (Fsp3) is 0.250. The van der Waals surface area contributed by atoms with Gasteiger partial charge in [0, 0.05) is 29.7 Å². The number of thiophene rings is 1. The summed E-state index contributed by atoms with van der Waals surface area (Å²) >= 11 is 7.33. The van der Waals surface area contributed by atoms with Gasteiger partial charge in [0.15, 0.2) is 0 Å². The van der Waals surface area contributed by atoms with Crippen molar-refractivity contribution in [1.29, 1.82) is 0 Å². The SMILES string of the molecule is CCNC(=O)c1ccc(NC(=O)N(C)Cc2ccc(Cl)s2)cc1. The van der Waals surface area contributed by atoms with Gasteiger partial charge in [-0.1, -0.05) is 11.6 Å². The Labute approximate surface area is 144 Å². The number of nitrogens with zero attached hydrogens (tertiary/aromatic N) is 1. The molecule has 0 saturated heterocycles. The van der Waals surface area contributed by atoms with Crippen molar-refractivity contribution >= 4 is 40.6 Å². The van der Waals surface area contributed by atoms with Gasteiger partial charge in [-0.25, -0.2) is 4.79 Å². The van der Waals surface area contributed by atoms with Crippen molar-refractivity contribution in [3.63, 3.8) is 0 Å². The van der Waals surface area contributed by atoms with E-state index in [2.05, 4.69) is 10.6 Å². The number of anilines is 1. The summed E-state index contributed by atoms with van der Waals surface area (Å²) in [5, 5.41) is 5.52. The summed E-state index contributed by atoms with van der Waals surface area (Å²) in [5.41, 5.74) is 1.20. The highest BCUT2D eigenvalue weighted by molar-refractivity contribution is 7.16. The highest BCUT2D eigenvalue weighted by Gasteiger charge is 2.11. The molecule has 3 amide bonds. The van der Waals surface area contributed by atoms with Crippen LogP contribution in [0.15, 0.2) is 36.4 Å². The lowest BCUT2D eigenvalue weighted by Crippen LogP contribution is -2.30. The molecule has 0 aliphatic heterocycles. The number of hydrogen-bond acceptors (Lipinski definition) is 3. The predicted octanol–water partition coefficient (Wildman–Crippen LogP) is 3.82. The molecule has 23 heavy (non-hydrogen) atoms. The van der Waals surface area contributed by atoms with E-state index in [1.807, 2.05) is 19.1 Å². The van der Waals surface area contributed by atoms with Crippen LogP contribution < -0.4 is 10.6 Å². The van der Waals surface area contributed by atoms with E-state index in [0.29, 0.717) is 28.7 Å². The summed E-state index contributed by atoms with van der Waals surface area (Å²) < 4.78 is 0.703. The second kappa shape index (κ2) is 7.99. The van der Waals surface area contributed by atoms with Crippen molar-refractivity contribution in [3.05, 3.63) is 51.2 Å². The Balaban J connectivity index is 1.92. The fourth-order valence-corrected chi connectivity index (χ4v) is 3.07. The van der Waals surface area contributed by atoms with E-state index in [-0.39, 0.29) is 11.9 Å². The van der Waals surface area contributed by atoms with E-state index >= 15 is 0 Å². The van der Waals surface area contributed by atoms with Crippen molar-refractivity contribution in [3.8, 4) is 0 Å². The molecule has 0 fully saturated rings. The molecule has 0 radical (unpaired) electrons. The Morgan fingerprint density at radius 3 is 2.43 bits per heavy atom. The van der Waals surface area contributed by atoms with Gasteiger partial charge in [-0.05, 0) is 43.3 Å². The summed E-state index contributed by atoms with van der Waals surface area (Å²) in [6, 6.07) is 10.3. The van der Waals surface area contributed by atoms with Gasteiger partial charge in [-0.15, -0.1) is 11.3 Å². The molecule has 0 spiro atoms. The lowest BCUT2D eigenvalue weighted by molar-refractivity contribution is 0.0956. The molecule has 1 aromatic carbocycles. The number of benzene rings is 1. The molecule has 0 aliphatic carbocycles. The molecule has 0 bridgehead atoms. The molecular weight excluding hydrogens is 334 g/mol. The van der Waals surface area contributed by atoms with Gasteiger partial charge in [-0.3, -0.25) is 4.79 Å². The van der Waals surface area contributed by atoms with E-state index < -0.39 is 0 Å². The third-order valence-electron chi connectivity index (χ3n) is 3.10. The molecule has 0 aliphatic rings. The van der Waals surface area contributed by atoms with Crippen LogP contribution in [0.3, 0.4) is 0 Å². The third-order valence-corrected chi connectivity index (χ3v) is 4.32. The van der Waals surface area contributed by atoms with Crippen molar-refractivity contribution < 1.29 is 9.59 Å². The molecule has 2 rings (SSSR count). The van der Waals surface area contributed by atoms with Crippen LogP contribution in [0.25, 0.3) is 0 Å². The molecule has 2 aromatic rings. The number of urea groups is 1. The zero-order chi connectivity index (χ0) is 16.8. The van der Waals surface area contributed by atoms with E-state index in [1.165, 1.54) is 11.3 Å². The summed E-state index contributed by atoms with van der Waals surface area (Å²) in [5.74, 6) is -0.128. The lowest BCUT2D eigenvalue weighted by Gasteiger charge is -2.17. The number of rotatable bonds is 5. The molecule has 122 valence electrons. The van der Waals surface area contributed by atoms with Gasteiger partial charge in [0.05, 0.1) is 10.9 Å². The fourth-order valence-electron chi connectivity index (χ4n) is 1.93. The predicted molar refractivity (Wildman–Crippen MR) is 94.3 cm³/mol. The number of halogens is 1. The minimum Gasteiger partial charge on any atom is -0.352 e. The van der Waals surface area contributed by atoms with Gasteiger partial charge in [0.2, 0.25) is 0 Å². The number of carbonyl (C=O) groups is 2. The Hall–Kier alpha value is -2.05. The summed E-state index contributed by atoms with van der Waals surface area (Å²) in [4.78, 5) is 26.4. The van der Waals surface area contributed by atoms with Gasteiger partial charge in [-0.2, -0.15) is 0 Å². The highest BCUT2D eigenvalue weighted by Crippen LogP contribution is 2.22. The maximum Gasteiger partial charge on any atom is 0.321 e. The van der Waals surface area contributed by atoms with Crippen molar-refractivity contribution in [2.24, 2.45) is 0 Å². The minimum atomic E-state index is -0.222. The Morgan fingerprint density at radius 2 is 1.87 bits per heavy atom. The average molecular weight is 352 g/mol. The molecule has 0 saturated carbocycles. The van der Waals surface area contributed by atoms with E-state index in [0.717, 1.165) is 4.88 Å². The monoisotopic (exact) mass is 351 g/mol. The zero-order valence-corrected chi connectivity index (χ0v) is 14.5. The molecule has 2 N–H and O–H groups in total. The van der Waals surface area contributed by atoms with Crippen LogP contribution in [0.4, 0.5) is 10.5 Å². The van der Waals surface area contributed by atoms with Crippen LogP contribution in [0.5, 0.6) is 0 Å². The summed E-state index contributed by atoms with van der Waals surface area (Å²) in [6.45, 7) is 2.93. The average Bonchev–Trinajstić information content (AvgIpc) is 2.93. The maximum absolute atomic E-state index is 12.2. The Morgan fingerprint density at radius 1 is 1.17 bits per heavy atom. The number of nitrogens with one attached hydrogen (secondary N) is 2. The van der Waals surface area contributed by atoms with Crippen molar-refractivity contribution in [2.75, 3.05) is 18.9 Å². The van der Waals surface area contributed by atoms with E-state index in [9.17, 15) is 9.59 Å².